The summed E-state index contributed by atoms with van der Waals surface area (Å²) in [4.78, 5) is 12.3. The lowest BCUT2D eigenvalue weighted by Crippen LogP contribution is -2.52. The van der Waals surface area contributed by atoms with Gasteiger partial charge in [0.15, 0.2) is 0 Å². The van der Waals surface area contributed by atoms with E-state index in [1.165, 1.54) is 0 Å². The van der Waals surface area contributed by atoms with E-state index in [4.69, 9.17) is 17.3 Å². The predicted molar refractivity (Wildman–Crippen MR) is 87.8 cm³/mol. The van der Waals surface area contributed by atoms with E-state index in [1.807, 2.05) is 26.0 Å². The fraction of sp³-hybridized carbons (Fsp3) is 0.533. The lowest BCUT2D eigenvalue weighted by atomic mass is 9.90. The second kappa shape index (κ2) is 7.87. The molecule has 1 amide bonds. The highest BCUT2D eigenvalue weighted by atomic mass is 35.5. The molecule has 20 heavy (non-hydrogen) atoms. The Balaban J connectivity index is 0.00000361. The largest absolute Gasteiger partial charge is 0.346 e. The van der Waals surface area contributed by atoms with E-state index in [9.17, 15) is 4.79 Å². The summed E-state index contributed by atoms with van der Waals surface area (Å²) < 4.78 is 0. The van der Waals surface area contributed by atoms with Gasteiger partial charge >= 0.3 is 0 Å². The Morgan fingerprint density at radius 2 is 2.05 bits per heavy atom. The van der Waals surface area contributed by atoms with Crippen molar-refractivity contribution >= 4 is 29.9 Å². The molecular formula is C15H24Cl2N2O. The molecule has 1 atom stereocenters. The van der Waals surface area contributed by atoms with Gasteiger partial charge in [-0.25, -0.2) is 0 Å². The zero-order valence-electron chi connectivity index (χ0n) is 12.5. The molecule has 1 rings (SSSR count). The van der Waals surface area contributed by atoms with Gasteiger partial charge in [-0.15, -0.1) is 12.4 Å². The highest BCUT2D eigenvalue weighted by molar-refractivity contribution is 6.34. The first-order valence-corrected chi connectivity index (χ1v) is 6.94. The molecular weight excluding hydrogens is 295 g/mol. The maximum atomic E-state index is 12.3. The van der Waals surface area contributed by atoms with Crippen LogP contribution in [0.15, 0.2) is 18.2 Å². The van der Waals surface area contributed by atoms with Gasteiger partial charge in [0.25, 0.3) is 5.91 Å². The number of halogens is 2. The molecule has 0 bridgehead atoms. The van der Waals surface area contributed by atoms with Gasteiger partial charge in [0.1, 0.15) is 0 Å². The molecule has 0 fully saturated rings. The number of aryl methyl sites for hydroxylation is 1. The fourth-order valence-electron chi connectivity index (χ4n) is 2.25. The van der Waals surface area contributed by atoms with Gasteiger partial charge < -0.3 is 11.1 Å². The standard InChI is InChI=1S/C15H23ClN2O.ClH/c1-10(2)8-15(4,9-17)18-14(19)12-7-5-6-11(3)13(12)16;/h5-7,10H,8-9,17H2,1-4H3,(H,18,19);1H. The Bertz CT molecular complexity index is 463. The molecule has 0 aromatic heterocycles. The summed E-state index contributed by atoms with van der Waals surface area (Å²) in [5.74, 6) is 0.295. The number of nitrogens with two attached hydrogens (primary N) is 1. The van der Waals surface area contributed by atoms with Gasteiger partial charge in [-0.05, 0) is 37.8 Å². The Morgan fingerprint density at radius 3 is 2.55 bits per heavy atom. The molecule has 1 aromatic carbocycles. The van der Waals surface area contributed by atoms with Crippen molar-refractivity contribution in [3.8, 4) is 0 Å². The molecule has 1 aromatic rings. The number of amides is 1. The molecule has 0 aliphatic rings. The van der Waals surface area contributed by atoms with Crippen molar-refractivity contribution < 1.29 is 4.79 Å². The molecule has 0 saturated carbocycles. The highest BCUT2D eigenvalue weighted by Crippen LogP contribution is 2.22. The van der Waals surface area contributed by atoms with Crippen molar-refractivity contribution in [2.75, 3.05) is 6.54 Å². The van der Waals surface area contributed by atoms with Crippen molar-refractivity contribution in [3.05, 3.63) is 34.3 Å². The van der Waals surface area contributed by atoms with E-state index < -0.39 is 5.54 Å². The quantitative estimate of drug-likeness (QED) is 0.872. The van der Waals surface area contributed by atoms with Crippen LogP contribution in [0.25, 0.3) is 0 Å². The molecule has 1 unspecified atom stereocenters. The van der Waals surface area contributed by atoms with Crippen LogP contribution in [-0.4, -0.2) is 18.0 Å². The Labute approximate surface area is 132 Å². The first-order chi connectivity index (χ1) is 8.79. The molecule has 0 aliphatic carbocycles. The maximum absolute atomic E-state index is 12.3. The minimum Gasteiger partial charge on any atom is -0.346 e. The van der Waals surface area contributed by atoms with Crippen molar-refractivity contribution in [2.45, 2.75) is 39.7 Å². The van der Waals surface area contributed by atoms with E-state index in [2.05, 4.69) is 19.2 Å². The minimum atomic E-state index is -0.404. The van der Waals surface area contributed by atoms with Gasteiger partial charge in [0.05, 0.1) is 10.6 Å². The van der Waals surface area contributed by atoms with Crippen molar-refractivity contribution in [1.29, 1.82) is 0 Å². The molecule has 114 valence electrons. The lowest BCUT2D eigenvalue weighted by Gasteiger charge is -2.31. The summed E-state index contributed by atoms with van der Waals surface area (Å²) in [6.45, 7) is 8.48. The average molecular weight is 319 g/mol. The zero-order valence-corrected chi connectivity index (χ0v) is 14.1. The van der Waals surface area contributed by atoms with Crippen LogP contribution in [0.1, 0.15) is 43.1 Å². The average Bonchev–Trinajstić information content (AvgIpc) is 2.31. The molecule has 3 nitrogen and oxygen atoms in total. The van der Waals surface area contributed by atoms with Gasteiger partial charge in [0.2, 0.25) is 0 Å². The van der Waals surface area contributed by atoms with Crippen LogP contribution < -0.4 is 11.1 Å². The molecule has 0 saturated heterocycles. The van der Waals surface area contributed by atoms with Gasteiger partial charge in [0, 0.05) is 12.1 Å². The van der Waals surface area contributed by atoms with Crippen LogP contribution in [0.3, 0.4) is 0 Å². The molecule has 3 N–H and O–H groups in total. The van der Waals surface area contributed by atoms with Crippen LogP contribution in [0.5, 0.6) is 0 Å². The summed E-state index contributed by atoms with van der Waals surface area (Å²) in [5.41, 5.74) is 6.80. The summed E-state index contributed by atoms with van der Waals surface area (Å²) in [6.07, 6.45) is 0.832. The van der Waals surface area contributed by atoms with Crippen LogP contribution in [-0.2, 0) is 0 Å². The predicted octanol–water partition coefficient (Wildman–Crippen LogP) is 3.56. The van der Waals surface area contributed by atoms with Crippen molar-refractivity contribution in [2.24, 2.45) is 11.7 Å². The van der Waals surface area contributed by atoms with E-state index in [-0.39, 0.29) is 18.3 Å². The number of hydrogen-bond acceptors (Lipinski definition) is 2. The van der Waals surface area contributed by atoms with E-state index in [0.29, 0.717) is 23.0 Å². The summed E-state index contributed by atoms with van der Waals surface area (Å²) >= 11 is 6.17. The number of carbonyl (C=O) groups excluding carboxylic acids is 1. The Morgan fingerprint density at radius 1 is 1.45 bits per heavy atom. The van der Waals surface area contributed by atoms with Crippen molar-refractivity contribution in [1.82, 2.24) is 5.32 Å². The third kappa shape index (κ3) is 4.97. The molecule has 0 spiro atoms. The minimum absolute atomic E-state index is 0. The SMILES string of the molecule is Cc1cccc(C(=O)NC(C)(CN)CC(C)C)c1Cl.Cl. The molecule has 5 heteroatoms. The third-order valence-corrected chi connectivity index (χ3v) is 3.66. The second-order valence-electron chi connectivity index (χ2n) is 5.75. The Kier molecular flexibility index (Phi) is 7.56. The van der Waals surface area contributed by atoms with Gasteiger partial charge in [-0.3, -0.25) is 4.79 Å². The van der Waals surface area contributed by atoms with Crippen LogP contribution >= 0.6 is 24.0 Å². The van der Waals surface area contributed by atoms with E-state index in [1.54, 1.807) is 6.07 Å². The van der Waals surface area contributed by atoms with E-state index >= 15 is 0 Å². The molecule has 0 radical (unpaired) electrons. The van der Waals surface area contributed by atoms with Crippen LogP contribution in [0, 0.1) is 12.8 Å². The summed E-state index contributed by atoms with van der Waals surface area (Å²) in [6, 6.07) is 5.45. The molecule has 0 aliphatic heterocycles. The zero-order chi connectivity index (χ0) is 14.6. The third-order valence-electron chi connectivity index (χ3n) is 3.16. The normalized spacial score (nSPS) is 13.6. The van der Waals surface area contributed by atoms with Crippen LogP contribution in [0.2, 0.25) is 5.02 Å². The highest BCUT2D eigenvalue weighted by Gasteiger charge is 2.27. The lowest BCUT2D eigenvalue weighted by molar-refractivity contribution is 0.0898. The molecule has 0 heterocycles. The number of benzene rings is 1. The fourth-order valence-corrected chi connectivity index (χ4v) is 2.46. The van der Waals surface area contributed by atoms with Crippen molar-refractivity contribution in [3.63, 3.8) is 0 Å². The number of nitrogens with one attached hydrogen (secondary N) is 1. The van der Waals surface area contributed by atoms with Crippen LogP contribution in [0.4, 0.5) is 0 Å². The summed E-state index contributed by atoms with van der Waals surface area (Å²) in [7, 11) is 0. The topological polar surface area (TPSA) is 55.1 Å². The van der Waals surface area contributed by atoms with Gasteiger partial charge in [-0.1, -0.05) is 37.6 Å². The first-order valence-electron chi connectivity index (χ1n) is 6.57. The summed E-state index contributed by atoms with van der Waals surface area (Å²) in [5, 5.41) is 3.51. The number of hydrogen-bond donors (Lipinski definition) is 2. The van der Waals surface area contributed by atoms with E-state index in [0.717, 1.165) is 12.0 Å². The maximum Gasteiger partial charge on any atom is 0.253 e. The van der Waals surface area contributed by atoms with Gasteiger partial charge in [-0.2, -0.15) is 0 Å². The first kappa shape index (κ1) is 19.2. The second-order valence-corrected chi connectivity index (χ2v) is 6.13. The Hall–Kier alpha value is -0.770. The smallest absolute Gasteiger partial charge is 0.253 e. The monoisotopic (exact) mass is 318 g/mol. The number of rotatable bonds is 5. The number of carbonyl (C=O) groups is 1.